The second-order valence-corrected chi connectivity index (χ2v) is 5.21. The van der Waals surface area contributed by atoms with E-state index in [1.165, 1.54) is 32.8 Å². The third-order valence-corrected chi connectivity index (χ3v) is 4.04. The van der Waals surface area contributed by atoms with Gasteiger partial charge < -0.3 is 4.74 Å². The van der Waals surface area contributed by atoms with Crippen molar-refractivity contribution in [3.63, 3.8) is 0 Å². The van der Waals surface area contributed by atoms with E-state index < -0.39 is 0 Å². The first kappa shape index (κ1) is 13.1. The lowest BCUT2D eigenvalue weighted by Gasteiger charge is -2.14. The third kappa shape index (κ3) is 2.16. The maximum absolute atomic E-state index is 11.7. The Morgan fingerprint density at radius 2 is 2.00 bits per heavy atom. The van der Waals surface area contributed by atoms with Crippen LogP contribution in [0.5, 0.6) is 0 Å². The molecule has 0 spiro atoms. The van der Waals surface area contributed by atoms with Crippen molar-refractivity contribution >= 4 is 5.97 Å². The molecule has 18 heavy (non-hydrogen) atoms. The highest BCUT2D eigenvalue weighted by atomic mass is 16.5. The van der Waals surface area contributed by atoms with Crippen LogP contribution in [0.15, 0.2) is 0 Å². The summed E-state index contributed by atoms with van der Waals surface area (Å²) in [5, 5.41) is 4.64. The molecule has 1 aliphatic rings. The standard InChI is InChI=1S/C14H22N2O2/c1-9(14(17)18-4)13-10(2)15-16(11(13)3)12-7-5-6-8-12/h9,12H,5-8H2,1-4H3. The van der Waals surface area contributed by atoms with Crippen LogP contribution in [-0.2, 0) is 9.53 Å². The zero-order valence-electron chi connectivity index (χ0n) is 11.7. The minimum Gasteiger partial charge on any atom is -0.469 e. The molecule has 0 aliphatic heterocycles. The van der Waals surface area contributed by atoms with Gasteiger partial charge in [0.05, 0.1) is 24.8 Å². The van der Waals surface area contributed by atoms with Crippen molar-refractivity contribution in [3.05, 3.63) is 17.0 Å². The van der Waals surface area contributed by atoms with Crippen LogP contribution in [0.4, 0.5) is 0 Å². The molecule has 2 rings (SSSR count). The number of nitrogens with zero attached hydrogens (tertiary/aromatic N) is 2. The summed E-state index contributed by atoms with van der Waals surface area (Å²) in [5.41, 5.74) is 3.11. The highest BCUT2D eigenvalue weighted by Crippen LogP contribution is 2.33. The lowest BCUT2D eigenvalue weighted by Crippen LogP contribution is -2.13. The molecule has 1 aliphatic carbocycles. The molecule has 1 aromatic heterocycles. The number of carbonyl (C=O) groups is 1. The van der Waals surface area contributed by atoms with Gasteiger partial charge in [-0.25, -0.2) is 0 Å². The van der Waals surface area contributed by atoms with Gasteiger partial charge in [-0.15, -0.1) is 0 Å². The Bertz CT molecular complexity index is 445. The molecule has 1 aromatic rings. The summed E-state index contributed by atoms with van der Waals surface area (Å²) >= 11 is 0. The van der Waals surface area contributed by atoms with Crippen molar-refractivity contribution in [2.45, 2.75) is 58.4 Å². The van der Waals surface area contributed by atoms with E-state index in [0.717, 1.165) is 17.0 Å². The molecule has 0 N–H and O–H groups in total. The van der Waals surface area contributed by atoms with Gasteiger partial charge in [0.15, 0.2) is 0 Å². The fourth-order valence-corrected chi connectivity index (χ4v) is 3.10. The van der Waals surface area contributed by atoms with E-state index in [0.29, 0.717) is 6.04 Å². The molecule has 4 nitrogen and oxygen atoms in total. The minimum absolute atomic E-state index is 0.188. The number of hydrogen-bond donors (Lipinski definition) is 0. The lowest BCUT2D eigenvalue weighted by molar-refractivity contribution is -0.142. The van der Waals surface area contributed by atoms with Crippen LogP contribution in [-0.4, -0.2) is 22.9 Å². The molecule has 0 bridgehead atoms. The molecule has 0 radical (unpaired) electrons. The maximum Gasteiger partial charge on any atom is 0.312 e. The van der Waals surface area contributed by atoms with Crippen LogP contribution in [0.3, 0.4) is 0 Å². The Kier molecular flexibility index (Phi) is 3.73. The monoisotopic (exact) mass is 250 g/mol. The molecule has 0 saturated heterocycles. The molecular formula is C14H22N2O2. The van der Waals surface area contributed by atoms with Crippen LogP contribution in [0, 0.1) is 13.8 Å². The zero-order chi connectivity index (χ0) is 13.3. The van der Waals surface area contributed by atoms with Gasteiger partial charge in [0.1, 0.15) is 0 Å². The van der Waals surface area contributed by atoms with Gasteiger partial charge in [-0.2, -0.15) is 5.10 Å². The fourth-order valence-electron chi connectivity index (χ4n) is 3.10. The number of aromatic nitrogens is 2. The van der Waals surface area contributed by atoms with Gasteiger partial charge in [-0.3, -0.25) is 9.48 Å². The number of rotatable bonds is 3. The second-order valence-electron chi connectivity index (χ2n) is 5.21. The minimum atomic E-state index is -0.231. The quantitative estimate of drug-likeness (QED) is 0.775. The van der Waals surface area contributed by atoms with Gasteiger partial charge in [0, 0.05) is 11.3 Å². The number of carbonyl (C=O) groups excluding carboxylic acids is 1. The predicted octanol–water partition coefficient (Wildman–Crippen LogP) is 2.89. The summed E-state index contributed by atoms with van der Waals surface area (Å²) in [4.78, 5) is 11.7. The first-order valence-corrected chi connectivity index (χ1v) is 6.69. The summed E-state index contributed by atoms with van der Waals surface area (Å²) in [6.45, 7) is 5.93. The molecule has 1 fully saturated rings. The molecule has 100 valence electrons. The molecule has 4 heteroatoms. The van der Waals surface area contributed by atoms with Crippen LogP contribution >= 0.6 is 0 Å². The molecule has 0 aromatic carbocycles. The van der Waals surface area contributed by atoms with E-state index in [4.69, 9.17) is 4.74 Å². The van der Waals surface area contributed by atoms with E-state index in [1.54, 1.807) is 0 Å². The number of aryl methyl sites for hydroxylation is 1. The van der Waals surface area contributed by atoms with Crippen LogP contribution in [0.2, 0.25) is 0 Å². The largest absolute Gasteiger partial charge is 0.469 e. The summed E-state index contributed by atoms with van der Waals surface area (Å²) < 4.78 is 6.96. The van der Waals surface area contributed by atoms with Crippen molar-refractivity contribution < 1.29 is 9.53 Å². The highest BCUT2D eigenvalue weighted by Gasteiger charge is 2.27. The Labute approximate surface area is 108 Å². The first-order valence-electron chi connectivity index (χ1n) is 6.69. The average Bonchev–Trinajstić information content (AvgIpc) is 2.96. The van der Waals surface area contributed by atoms with Crippen molar-refractivity contribution in [1.29, 1.82) is 0 Å². The van der Waals surface area contributed by atoms with Crippen molar-refractivity contribution in [1.82, 2.24) is 9.78 Å². The Morgan fingerprint density at radius 1 is 1.39 bits per heavy atom. The van der Waals surface area contributed by atoms with Crippen molar-refractivity contribution in [3.8, 4) is 0 Å². The smallest absolute Gasteiger partial charge is 0.312 e. The van der Waals surface area contributed by atoms with Crippen LogP contribution in [0.1, 0.15) is 61.5 Å². The Balaban J connectivity index is 2.34. The average molecular weight is 250 g/mol. The molecule has 0 amide bonds. The summed E-state index contributed by atoms with van der Waals surface area (Å²) in [6.07, 6.45) is 4.97. The van der Waals surface area contributed by atoms with Gasteiger partial charge in [-0.1, -0.05) is 12.8 Å². The van der Waals surface area contributed by atoms with Crippen LogP contribution < -0.4 is 0 Å². The molecular weight excluding hydrogens is 228 g/mol. The third-order valence-electron chi connectivity index (χ3n) is 4.04. The summed E-state index contributed by atoms with van der Waals surface area (Å²) in [7, 11) is 1.44. The number of methoxy groups -OCH3 is 1. The van der Waals surface area contributed by atoms with Gasteiger partial charge in [0.2, 0.25) is 0 Å². The first-order chi connectivity index (χ1) is 8.56. The van der Waals surface area contributed by atoms with Crippen molar-refractivity contribution in [2.75, 3.05) is 7.11 Å². The summed E-state index contributed by atoms with van der Waals surface area (Å²) in [6, 6.07) is 0.516. The van der Waals surface area contributed by atoms with Gasteiger partial charge in [0.25, 0.3) is 0 Å². The number of hydrogen-bond acceptors (Lipinski definition) is 3. The topological polar surface area (TPSA) is 44.1 Å². The predicted molar refractivity (Wildman–Crippen MR) is 69.6 cm³/mol. The Hall–Kier alpha value is -1.32. The fraction of sp³-hybridized carbons (Fsp3) is 0.714. The summed E-state index contributed by atoms with van der Waals surface area (Å²) in [5.74, 6) is -0.419. The SMILES string of the molecule is COC(=O)C(C)c1c(C)nn(C2CCCC2)c1C. The Morgan fingerprint density at radius 3 is 2.56 bits per heavy atom. The molecule has 1 atom stereocenters. The van der Waals surface area contributed by atoms with Crippen molar-refractivity contribution in [2.24, 2.45) is 0 Å². The van der Waals surface area contributed by atoms with Gasteiger partial charge >= 0.3 is 5.97 Å². The second kappa shape index (κ2) is 5.12. The van der Waals surface area contributed by atoms with E-state index in [2.05, 4.69) is 16.7 Å². The highest BCUT2D eigenvalue weighted by molar-refractivity contribution is 5.78. The van der Waals surface area contributed by atoms with E-state index in [9.17, 15) is 4.79 Å². The van der Waals surface area contributed by atoms with E-state index >= 15 is 0 Å². The molecule has 1 saturated carbocycles. The molecule has 1 unspecified atom stereocenters. The maximum atomic E-state index is 11.7. The van der Waals surface area contributed by atoms with E-state index in [-0.39, 0.29) is 11.9 Å². The van der Waals surface area contributed by atoms with Crippen LogP contribution in [0.25, 0.3) is 0 Å². The normalized spacial score (nSPS) is 18.0. The lowest BCUT2D eigenvalue weighted by atomic mass is 9.99. The van der Waals surface area contributed by atoms with Gasteiger partial charge in [-0.05, 0) is 33.6 Å². The zero-order valence-corrected chi connectivity index (χ0v) is 11.7. The van der Waals surface area contributed by atoms with E-state index in [1.807, 2.05) is 13.8 Å². The number of ether oxygens (including phenoxy) is 1. The number of esters is 1. The molecule has 1 heterocycles.